The SMILES string of the molecule is CC(O)N1CCN(c2cc(-c3ccc(Cl)cc3)nc(-c3cccnc3)n2)CC1. The zero-order valence-electron chi connectivity index (χ0n) is 15.7. The highest BCUT2D eigenvalue weighted by Gasteiger charge is 2.22. The number of aromatic nitrogens is 3. The number of hydrogen-bond donors (Lipinski definition) is 1. The Morgan fingerprint density at radius 2 is 1.75 bits per heavy atom. The topological polar surface area (TPSA) is 65.4 Å². The van der Waals surface area contributed by atoms with Gasteiger partial charge < -0.3 is 10.0 Å². The molecule has 1 atom stereocenters. The molecule has 144 valence electrons. The van der Waals surface area contributed by atoms with Crippen molar-refractivity contribution >= 4 is 17.4 Å². The lowest BCUT2D eigenvalue weighted by atomic mass is 10.1. The van der Waals surface area contributed by atoms with E-state index in [0.717, 1.165) is 48.8 Å². The van der Waals surface area contributed by atoms with E-state index in [0.29, 0.717) is 10.8 Å². The van der Waals surface area contributed by atoms with Crippen LogP contribution in [-0.4, -0.2) is 57.4 Å². The molecule has 1 aliphatic heterocycles. The number of piperazine rings is 1. The Morgan fingerprint density at radius 3 is 2.39 bits per heavy atom. The Bertz CT molecular complexity index is 925. The van der Waals surface area contributed by atoms with Gasteiger partial charge in [0.15, 0.2) is 5.82 Å². The molecule has 28 heavy (non-hydrogen) atoms. The van der Waals surface area contributed by atoms with Gasteiger partial charge in [-0.1, -0.05) is 23.7 Å². The molecule has 0 saturated carbocycles. The lowest BCUT2D eigenvalue weighted by molar-refractivity contribution is 0.0152. The lowest BCUT2D eigenvalue weighted by Gasteiger charge is -2.36. The normalized spacial score (nSPS) is 16.2. The summed E-state index contributed by atoms with van der Waals surface area (Å²) in [6.45, 7) is 4.99. The van der Waals surface area contributed by atoms with E-state index >= 15 is 0 Å². The molecule has 2 aromatic heterocycles. The third-order valence-corrected chi connectivity index (χ3v) is 5.19. The highest BCUT2D eigenvalue weighted by Crippen LogP contribution is 2.27. The van der Waals surface area contributed by atoms with Crippen LogP contribution >= 0.6 is 11.6 Å². The third kappa shape index (κ3) is 4.14. The van der Waals surface area contributed by atoms with Crippen LogP contribution in [0.5, 0.6) is 0 Å². The number of halogens is 1. The van der Waals surface area contributed by atoms with Gasteiger partial charge in [-0.15, -0.1) is 0 Å². The quantitative estimate of drug-likeness (QED) is 0.731. The number of anilines is 1. The van der Waals surface area contributed by atoms with Gasteiger partial charge >= 0.3 is 0 Å². The van der Waals surface area contributed by atoms with E-state index in [-0.39, 0.29) is 0 Å². The van der Waals surface area contributed by atoms with Crippen LogP contribution < -0.4 is 4.90 Å². The Labute approximate surface area is 169 Å². The molecule has 0 amide bonds. The number of aliphatic hydroxyl groups excluding tert-OH is 1. The molecule has 0 spiro atoms. The predicted molar refractivity (Wildman–Crippen MR) is 111 cm³/mol. The Morgan fingerprint density at radius 1 is 1.00 bits per heavy atom. The van der Waals surface area contributed by atoms with Gasteiger partial charge in [0.1, 0.15) is 12.0 Å². The van der Waals surface area contributed by atoms with E-state index in [1.807, 2.05) is 42.5 Å². The summed E-state index contributed by atoms with van der Waals surface area (Å²) in [5.74, 6) is 1.53. The second-order valence-corrected chi connectivity index (χ2v) is 7.27. The Kier molecular flexibility index (Phi) is 5.52. The molecule has 1 fully saturated rings. The van der Waals surface area contributed by atoms with E-state index in [1.165, 1.54) is 0 Å². The van der Waals surface area contributed by atoms with Gasteiger partial charge in [0.2, 0.25) is 0 Å². The molecule has 3 heterocycles. The van der Waals surface area contributed by atoms with Gasteiger partial charge in [-0.05, 0) is 31.2 Å². The van der Waals surface area contributed by atoms with Crippen molar-refractivity contribution in [3.8, 4) is 22.6 Å². The highest BCUT2D eigenvalue weighted by atomic mass is 35.5. The zero-order chi connectivity index (χ0) is 19.5. The maximum atomic E-state index is 9.81. The molecular formula is C21H22ClN5O. The highest BCUT2D eigenvalue weighted by molar-refractivity contribution is 6.30. The van der Waals surface area contributed by atoms with Gasteiger partial charge in [-0.3, -0.25) is 9.88 Å². The molecule has 0 radical (unpaired) electrons. The van der Waals surface area contributed by atoms with Crippen molar-refractivity contribution in [3.63, 3.8) is 0 Å². The fourth-order valence-corrected chi connectivity index (χ4v) is 3.44. The zero-order valence-corrected chi connectivity index (χ0v) is 16.4. The second-order valence-electron chi connectivity index (χ2n) is 6.84. The van der Waals surface area contributed by atoms with Crippen molar-refractivity contribution in [3.05, 3.63) is 59.9 Å². The molecule has 4 rings (SSSR count). The van der Waals surface area contributed by atoms with Gasteiger partial charge in [0.25, 0.3) is 0 Å². The van der Waals surface area contributed by atoms with Crippen LogP contribution in [-0.2, 0) is 0 Å². The minimum atomic E-state index is -0.428. The summed E-state index contributed by atoms with van der Waals surface area (Å²) >= 11 is 6.04. The van der Waals surface area contributed by atoms with Crippen LogP contribution in [0.15, 0.2) is 54.9 Å². The van der Waals surface area contributed by atoms with E-state index in [4.69, 9.17) is 21.6 Å². The average Bonchev–Trinajstić information content (AvgIpc) is 2.74. The van der Waals surface area contributed by atoms with Crippen LogP contribution in [0.25, 0.3) is 22.6 Å². The van der Waals surface area contributed by atoms with E-state index in [9.17, 15) is 5.11 Å². The van der Waals surface area contributed by atoms with Crippen molar-refractivity contribution in [2.45, 2.75) is 13.2 Å². The van der Waals surface area contributed by atoms with Crippen LogP contribution in [0.3, 0.4) is 0 Å². The predicted octanol–water partition coefficient (Wildman–Crippen LogP) is 3.32. The molecule has 3 aromatic rings. The fourth-order valence-electron chi connectivity index (χ4n) is 3.31. The van der Waals surface area contributed by atoms with E-state index < -0.39 is 6.23 Å². The summed E-state index contributed by atoms with van der Waals surface area (Å²) in [5, 5.41) is 10.5. The van der Waals surface area contributed by atoms with Gasteiger partial charge in [-0.25, -0.2) is 9.97 Å². The number of aliphatic hydroxyl groups is 1. The van der Waals surface area contributed by atoms with Crippen molar-refractivity contribution in [1.82, 2.24) is 19.9 Å². The van der Waals surface area contributed by atoms with Crippen molar-refractivity contribution in [2.24, 2.45) is 0 Å². The Hall–Kier alpha value is -2.54. The maximum Gasteiger partial charge on any atom is 0.163 e. The minimum Gasteiger partial charge on any atom is -0.379 e. The van der Waals surface area contributed by atoms with E-state index in [1.54, 1.807) is 19.3 Å². The first-order chi connectivity index (χ1) is 13.6. The summed E-state index contributed by atoms with van der Waals surface area (Å²) < 4.78 is 0. The summed E-state index contributed by atoms with van der Waals surface area (Å²) in [6, 6.07) is 13.5. The monoisotopic (exact) mass is 395 g/mol. The summed E-state index contributed by atoms with van der Waals surface area (Å²) in [6.07, 6.45) is 3.09. The fraction of sp³-hybridized carbons (Fsp3) is 0.286. The maximum absolute atomic E-state index is 9.81. The molecule has 1 unspecified atom stereocenters. The molecule has 1 aromatic carbocycles. The molecule has 1 saturated heterocycles. The summed E-state index contributed by atoms with van der Waals surface area (Å²) in [7, 11) is 0. The molecule has 0 aliphatic carbocycles. The van der Waals surface area contributed by atoms with Crippen molar-refractivity contribution in [2.75, 3.05) is 31.1 Å². The smallest absolute Gasteiger partial charge is 0.163 e. The molecule has 6 nitrogen and oxygen atoms in total. The van der Waals surface area contributed by atoms with Crippen LogP contribution in [0, 0.1) is 0 Å². The molecule has 0 bridgehead atoms. The van der Waals surface area contributed by atoms with Crippen LogP contribution in [0.2, 0.25) is 5.02 Å². The lowest BCUT2D eigenvalue weighted by Crippen LogP contribution is -2.49. The van der Waals surface area contributed by atoms with Gasteiger partial charge in [0, 0.05) is 60.8 Å². The summed E-state index contributed by atoms with van der Waals surface area (Å²) in [4.78, 5) is 18.1. The molecule has 1 N–H and O–H groups in total. The number of rotatable bonds is 4. The molecular weight excluding hydrogens is 374 g/mol. The number of hydrogen-bond acceptors (Lipinski definition) is 6. The van der Waals surface area contributed by atoms with Gasteiger partial charge in [0.05, 0.1) is 5.69 Å². The van der Waals surface area contributed by atoms with Crippen molar-refractivity contribution < 1.29 is 5.11 Å². The first-order valence-corrected chi connectivity index (χ1v) is 9.70. The second kappa shape index (κ2) is 8.22. The largest absolute Gasteiger partial charge is 0.379 e. The van der Waals surface area contributed by atoms with Crippen LogP contribution in [0.1, 0.15) is 6.92 Å². The van der Waals surface area contributed by atoms with Crippen molar-refractivity contribution in [1.29, 1.82) is 0 Å². The van der Waals surface area contributed by atoms with Gasteiger partial charge in [-0.2, -0.15) is 0 Å². The van der Waals surface area contributed by atoms with Crippen LogP contribution in [0.4, 0.5) is 5.82 Å². The average molecular weight is 396 g/mol. The first kappa shape index (κ1) is 18.8. The number of benzene rings is 1. The Balaban J connectivity index is 1.71. The first-order valence-electron chi connectivity index (χ1n) is 9.32. The standard InChI is InChI=1S/C21H22ClN5O/c1-15(28)26-9-11-27(12-10-26)20-13-19(16-4-6-18(22)7-5-16)24-21(25-20)17-3-2-8-23-14-17/h2-8,13-15,28H,9-12H2,1H3. The summed E-state index contributed by atoms with van der Waals surface area (Å²) in [5.41, 5.74) is 2.71. The number of nitrogens with zero attached hydrogens (tertiary/aromatic N) is 5. The third-order valence-electron chi connectivity index (χ3n) is 4.94. The molecule has 1 aliphatic rings. The van der Waals surface area contributed by atoms with E-state index in [2.05, 4.69) is 14.8 Å². The molecule has 7 heteroatoms. The number of pyridine rings is 1. The minimum absolute atomic E-state index is 0.428.